The summed E-state index contributed by atoms with van der Waals surface area (Å²) in [5.74, 6) is 0.0277. The molecule has 1 nitrogen and oxygen atoms in total. The van der Waals surface area contributed by atoms with Crippen molar-refractivity contribution in [2.24, 2.45) is 0 Å². The molecule has 0 heterocycles. The Labute approximate surface area is 112 Å². The number of hydrogen-bond donors (Lipinski definition) is 2. The number of phenolic OH excluding ortho intramolecular Hbond substituents is 1. The number of hydrogen-bond acceptors (Lipinski definition) is 2. The summed E-state index contributed by atoms with van der Waals surface area (Å²) in [6.07, 6.45) is 0.478. The van der Waals surface area contributed by atoms with Crippen molar-refractivity contribution in [1.82, 2.24) is 0 Å². The zero-order valence-electron chi connectivity index (χ0n) is 10.4. The van der Waals surface area contributed by atoms with Gasteiger partial charge in [0, 0.05) is 16.9 Å². The van der Waals surface area contributed by atoms with Crippen LogP contribution in [0, 0.1) is 19.7 Å². The maximum Gasteiger partial charge on any atom is 0.128 e. The van der Waals surface area contributed by atoms with Gasteiger partial charge in [-0.2, -0.15) is 0 Å². The lowest BCUT2D eigenvalue weighted by molar-refractivity contribution is 0.471. The molecule has 2 rings (SSSR count). The van der Waals surface area contributed by atoms with Crippen molar-refractivity contribution in [1.29, 1.82) is 0 Å². The first-order valence-corrected chi connectivity index (χ1v) is 6.18. The van der Waals surface area contributed by atoms with Crippen molar-refractivity contribution in [3.8, 4) is 5.75 Å². The normalized spacial score (nSPS) is 10.7. The third kappa shape index (κ3) is 2.67. The predicted molar refractivity (Wildman–Crippen MR) is 74.0 cm³/mol. The Kier molecular flexibility index (Phi) is 3.62. The van der Waals surface area contributed by atoms with Gasteiger partial charge in [0.2, 0.25) is 0 Å². The number of thiol groups is 1. The third-order valence-corrected chi connectivity index (χ3v) is 3.36. The number of phenols is 1. The van der Waals surface area contributed by atoms with Crippen molar-refractivity contribution in [2.45, 2.75) is 25.2 Å². The average molecular weight is 262 g/mol. The van der Waals surface area contributed by atoms with Crippen molar-refractivity contribution >= 4 is 12.6 Å². The van der Waals surface area contributed by atoms with E-state index in [1.54, 1.807) is 12.1 Å². The van der Waals surface area contributed by atoms with Crippen LogP contribution in [0.5, 0.6) is 5.75 Å². The van der Waals surface area contributed by atoms with Crippen LogP contribution in [0.4, 0.5) is 4.39 Å². The third-order valence-electron chi connectivity index (χ3n) is 2.96. The smallest absolute Gasteiger partial charge is 0.128 e. The second kappa shape index (κ2) is 5.02. The van der Waals surface area contributed by atoms with E-state index in [-0.39, 0.29) is 11.6 Å². The summed E-state index contributed by atoms with van der Waals surface area (Å²) in [7, 11) is 0. The molecule has 0 aliphatic carbocycles. The first kappa shape index (κ1) is 13.0. The van der Waals surface area contributed by atoms with Crippen LogP contribution < -0.4 is 0 Å². The van der Waals surface area contributed by atoms with Crippen LogP contribution in [0.25, 0.3) is 0 Å². The van der Waals surface area contributed by atoms with Gasteiger partial charge in [-0.15, -0.1) is 12.6 Å². The minimum absolute atomic E-state index is 0.231. The van der Waals surface area contributed by atoms with Gasteiger partial charge in [0.15, 0.2) is 0 Å². The number of rotatable bonds is 2. The van der Waals surface area contributed by atoms with Crippen molar-refractivity contribution in [3.05, 3.63) is 58.4 Å². The summed E-state index contributed by atoms with van der Waals surface area (Å²) in [6.45, 7) is 3.67. The highest BCUT2D eigenvalue weighted by atomic mass is 32.1. The molecule has 0 bridgehead atoms. The largest absolute Gasteiger partial charge is 0.508 e. The van der Waals surface area contributed by atoms with E-state index >= 15 is 0 Å². The van der Waals surface area contributed by atoms with Gasteiger partial charge < -0.3 is 5.11 Å². The summed E-state index contributed by atoms with van der Waals surface area (Å²) in [4.78, 5) is 0.665. The van der Waals surface area contributed by atoms with Crippen LogP contribution >= 0.6 is 12.6 Å². The quantitative estimate of drug-likeness (QED) is 0.783. The summed E-state index contributed by atoms with van der Waals surface area (Å²) < 4.78 is 13.9. The molecule has 0 saturated carbocycles. The summed E-state index contributed by atoms with van der Waals surface area (Å²) in [5, 5.41) is 9.47. The minimum Gasteiger partial charge on any atom is -0.508 e. The summed E-state index contributed by atoms with van der Waals surface area (Å²) >= 11 is 4.32. The predicted octanol–water partition coefficient (Wildman–Crippen LogP) is 4.03. The molecule has 2 aromatic carbocycles. The van der Waals surface area contributed by atoms with Crippen LogP contribution in [0.15, 0.2) is 35.2 Å². The molecule has 2 aromatic rings. The molecule has 0 atom stereocenters. The van der Waals surface area contributed by atoms with Crippen molar-refractivity contribution < 1.29 is 9.50 Å². The van der Waals surface area contributed by atoms with Crippen LogP contribution in [-0.2, 0) is 6.42 Å². The molecule has 0 saturated heterocycles. The highest BCUT2D eigenvalue weighted by Gasteiger charge is 2.09. The average Bonchev–Trinajstić information content (AvgIpc) is 2.28. The van der Waals surface area contributed by atoms with E-state index in [4.69, 9.17) is 0 Å². The summed E-state index contributed by atoms with van der Waals surface area (Å²) in [5.41, 5.74) is 3.21. The van der Waals surface area contributed by atoms with Crippen molar-refractivity contribution in [3.63, 3.8) is 0 Å². The molecule has 0 aliphatic heterocycles. The van der Waals surface area contributed by atoms with E-state index in [0.29, 0.717) is 16.9 Å². The van der Waals surface area contributed by atoms with Crippen molar-refractivity contribution in [2.75, 3.05) is 0 Å². The highest BCUT2D eigenvalue weighted by molar-refractivity contribution is 7.80. The van der Waals surface area contributed by atoms with E-state index in [1.807, 2.05) is 26.0 Å². The highest BCUT2D eigenvalue weighted by Crippen LogP contribution is 2.25. The van der Waals surface area contributed by atoms with Crippen LogP contribution in [0.3, 0.4) is 0 Å². The van der Waals surface area contributed by atoms with Gasteiger partial charge in [-0.25, -0.2) is 4.39 Å². The van der Waals surface area contributed by atoms with Gasteiger partial charge >= 0.3 is 0 Å². The molecular weight excluding hydrogens is 247 g/mol. The molecular formula is C15H15FOS. The number of halogens is 1. The topological polar surface area (TPSA) is 20.2 Å². The molecule has 1 N–H and O–H groups in total. The van der Waals surface area contributed by atoms with Gasteiger partial charge in [-0.05, 0) is 48.7 Å². The second-order valence-corrected chi connectivity index (χ2v) is 5.02. The molecule has 0 aromatic heterocycles. The van der Waals surface area contributed by atoms with Gasteiger partial charge in [0.1, 0.15) is 11.6 Å². The van der Waals surface area contributed by atoms with E-state index < -0.39 is 0 Å². The van der Waals surface area contributed by atoms with Crippen LogP contribution in [0.1, 0.15) is 22.3 Å². The van der Waals surface area contributed by atoms with E-state index in [9.17, 15) is 9.50 Å². The Morgan fingerprint density at radius 3 is 2.50 bits per heavy atom. The van der Waals surface area contributed by atoms with E-state index in [0.717, 1.165) is 16.7 Å². The van der Waals surface area contributed by atoms with Gasteiger partial charge in [-0.3, -0.25) is 0 Å². The molecule has 0 spiro atoms. The van der Waals surface area contributed by atoms with Gasteiger partial charge in [0.25, 0.3) is 0 Å². The first-order chi connectivity index (χ1) is 8.47. The molecule has 0 fully saturated rings. The number of aromatic hydroxyl groups is 1. The van der Waals surface area contributed by atoms with Gasteiger partial charge in [0.05, 0.1) is 0 Å². The monoisotopic (exact) mass is 262 g/mol. The Hall–Kier alpha value is -1.48. The standard InChI is InChI=1S/C15H15FOS/c1-9-5-13(16)12(15(18)6-9)8-11-3-4-14(17)10(2)7-11/h3-7,17-18H,8H2,1-2H3. The molecule has 3 heteroatoms. The fourth-order valence-electron chi connectivity index (χ4n) is 1.96. The van der Waals surface area contributed by atoms with E-state index in [1.165, 1.54) is 6.07 Å². The Morgan fingerprint density at radius 2 is 1.89 bits per heavy atom. The Balaban J connectivity index is 2.37. The minimum atomic E-state index is -0.231. The molecule has 18 heavy (non-hydrogen) atoms. The fourth-order valence-corrected chi connectivity index (χ4v) is 2.35. The number of aryl methyl sites for hydroxylation is 2. The first-order valence-electron chi connectivity index (χ1n) is 5.74. The zero-order chi connectivity index (χ0) is 13.3. The fraction of sp³-hybridized carbons (Fsp3) is 0.200. The Morgan fingerprint density at radius 1 is 1.17 bits per heavy atom. The van der Waals surface area contributed by atoms with Crippen LogP contribution in [-0.4, -0.2) is 5.11 Å². The molecule has 0 radical (unpaired) electrons. The molecule has 0 aliphatic rings. The lowest BCUT2D eigenvalue weighted by Gasteiger charge is -2.09. The lowest BCUT2D eigenvalue weighted by Crippen LogP contribution is -1.96. The van der Waals surface area contributed by atoms with Crippen LogP contribution in [0.2, 0.25) is 0 Å². The number of benzene rings is 2. The van der Waals surface area contributed by atoms with E-state index in [2.05, 4.69) is 12.6 Å². The molecule has 94 valence electrons. The summed E-state index contributed by atoms with van der Waals surface area (Å²) in [6, 6.07) is 8.67. The zero-order valence-corrected chi connectivity index (χ0v) is 11.3. The van der Waals surface area contributed by atoms with Gasteiger partial charge in [-0.1, -0.05) is 12.1 Å². The maximum absolute atomic E-state index is 13.9. The lowest BCUT2D eigenvalue weighted by atomic mass is 10.0. The SMILES string of the molecule is Cc1cc(F)c(Cc2ccc(O)c(C)c2)c(S)c1. The second-order valence-electron chi connectivity index (χ2n) is 4.54. The maximum atomic E-state index is 13.9. The Bertz CT molecular complexity index is 570. The molecule has 0 unspecified atom stereocenters. The molecule has 0 amide bonds.